The minimum Gasteiger partial charge on any atom is -0.399 e. The molecule has 0 aromatic heterocycles. The van der Waals surface area contributed by atoms with Crippen LogP contribution in [0.15, 0.2) is 12.1 Å². The second-order valence-corrected chi connectivity index (χ2v) is 5.07. The zero-order valence-corrected chi connectivity index (χ0v) is 11.6. The lowest BCUT2D eigenvalue weighted by Gasteiger charge is -2.27. The predicted octanol–water partition coefficient (Wildman–Crippen LogP) is 2.21. The molecule has 2 N–H and O–H groups in total. The molecule has 0 aliphatic carbocycles. The number of carbonyl (C=O) groups excluding carboxylic acids is 1. The Morgan fingerprint density at radius 1 is 1.47 bits per heavy atom. The van der Waals surface area contributed by atoms with Gasteiger partial charge >= 0.3 is 0 Å². The summed E-state index contributed by atoms with van der Waals surface area (Å²) in [4.78, 5) is 23.0. The van der Waals surface area contributed by atoms with Crippen LogP contribution in [0, 0.1) is 5.92 Å². The highest BCUT2D eigenvalue weighted by Gasteiger charge is 2.28. The SMILES string of the molecule is CCON1CC(=O)c2c(CC(C)C)cc(N)cc2O1. The minimum atomic E-state index is 0.00495. The van der Waals surface area contributed by atoms with Crippen LogP contribution in [0.5, 0.6) is 5.75 Å². The molecule has 5 heteroatoms. The first kappa shape index (κ1) is 13.8. The number of benzene rings is 1. The van der Waals surface area contributed by atoms with Crippen LogP contribution in [0.2, 0.25) is 0 Å². The molecule has 1 aliphatic heterocycles. The number of carbonyl (C=O) groups is 1. The van der Waals surface area contributed by atoms with Crippen molar-refractivity contribution in [1.82, 2.24) is 5.23 Å². The third-order valence-corrected chi connectivity index (χ3v) is 2.86. The molecule has 1 aliphatic rings. The number of Topliss-reactive ketones (excluding diaryl/α,β-unsaturated/α-hetero) is 1. The second-order valence-electron chi connectivity index (χ2n) is 5.07. The van der Waals surface area contributed by atoms with Crippen LogP contribution in [-0.4, -0.2) is 24.2 Å². The fraction of sp³-hybridized carbons (Fsp3) is 0.500. The summed E-state index contributed by atoms with van der Waals surface area (Å²) >= 11 is 0. The van der Waals surface area contributed by atoms with Crippen LogP contribution in [0.3, 0.4) is 0 Å². The maximum absolute atomic E-state index is 12.2. The van der Waals surface area contributed by atoms with Gasteiger partial charge in [-0.1, -0.05) is 13.8 Å². The molecule has 0 unspecified atom stereocenters. The molecule has 19 heavy (non-hydrogen) atoms. The van der Waals surface area contributed by atoms with Gasteiger partial charge in [-0.25, -0.2) is 0 Å². The van der Waals surface area contributed by atoms with Crippen molar-refractivity contribution in [1.29, 1.82) is 0 Å². The Hall–Kier alpha value is -1.59. The topological polar surface area (TPSA) is 64.8 Å². The predicted molar refractivity (Wildman–Crippen MR) is 72.7 cm³/mol. The molecule has 1 aromatic rings. The van der Waals surface area contributed by atoms with E-state index in [-0.39, 0.29) is 12.3 Å². The zero-order chi connectivity index (χ0) is 14.0. The van der Waals surface area contributed by atoms with Gasteiger partial charge in [-0.2, -0.15) is 0 Å². The molecule has 0 bridgehead atoms. The van der Waals surface area contributed by atoms with Gasteiger partial charge in [-0.15, -0.1) is 0 Å². The van der Waals surface area contributed by atoms with E-state index in [0.29, 0.717) is 29.5 Å². The molecule has 0 saturated heterocycles. The highest BCUT2D eigenvalue weighted by atomic mass is 16.9. The van der Waals surface area contributed by atoms with Crippen LogP contribution >= 0.6 is 0 Å². The van der Waals surface area contributed by atoms with Gasteiger partial charge in [0, 0.05) is 11.8 Å². The Morgan fingerprint density at radius 2 is 2.21 bits per heavy atom. The van der Waals surface area contributed by atoms with Gasteiger partial charge in [0.15, 0.2) is 11.5 Å². The molecule has 0 atom stereocenters. The molecule has 0 saturated carbocycles. The molecule has 0 spiro atoms. The van der Waals surface area contributed by atoms with Crippen molar-refractivity contribution in [3.05, 3.63) is 23.3 Å². The quantitative estimate of drug-likeness (QED) is 0.845. The third kappa shape index (κ3) is 3.05. The summed E-state index contributed by atoms with van der Waals surface area (Å²) in [6.45, 7) is 6.61. The van der Waals surface area contributed by atoms with Gasteiger partial charge in [0.25, 0.3) is 0 Å². The number of nitrogens with two attached hydrogens (primary N) is 1. The van der Waals surface area contributed by atoms with Crippen LogP contribution in [-0.2, 0) is 11.3 Å². The number of nitrogens with zero attached hydrogens (tertiary/aromatic N) is 1. The third-order valence-electron chi connectivity index (χ3n) is 2.86. The molecule has 1 heterocycles. The van der Waals surface area contributed by atoms with Crippen molar-refractivity contribution in [2.24, 2.45) is 5.92 Å². The van der Waals surface area contributed by atoms with E-state index < -0.39 is 0 Å². The van der Waals surface area contributed by atoms with Gasteiger partial charge in [-0.3, -0.25) is 9.63 Å². The average molecular weight is 264 g/mol. The first-order valence-electron chi connectivity index (χ1n) is 6.55. The number of nitrogen functional groups attached to an aromatic ring is 1. The van der Waals surface area contributed by atoms with Crippen LogP contribution in [0.25, 0.3) is 0 Å². The maximum Gasteiger partial charge on any atom is 0.187 e. The van der Waals surface area contributed by atoms with Crippen molar-refractivity contribution in [3.8, 4) is 5.75 Å². The number of anilines is 1. The van der Waals surface area contributed by atoms with Gasteiger partial charge < -0.3 is 10.6 Å². The molecule has 0 fully saturated rings. The van der Waals surface area contributed by atoms with E-state index in [1.165, 1.54) is 5.23 Å². The summed E-state index contributed by atoms with van der Waals surface area (Å²) in [5.74, 6) is 0.939. The molecule has 5 nitrogen and oxygen atoms in total. The van der Waals surface area contributed by atoms with E-state index in [1.54, 1.807) is 6.07 Å². The number of hydrogen-bond donors (Lipinski definition) is 1. The monoisotopic (exact) mass is 264 g/mol. The minimum absolute atomic E-state index is 0.00495. The number of ketones is 1. The van der Waals surface area contributed by atoms with Gasteiger partial charge in [0.05, 0.1) is 12.2 Å². The highest BCUT2D eigenvalue weighted by molar-refractivity contribution is 6.02. The molecule has 2 rings (SSSR count). The van der Waals surface area contributed by atoms with E-state index in [9.17, 15) is 4.79 Å². The Morgan fingerprint density at radius 3 is 2.84 bits per heavy atom. The zero-order valence-electron chi connectivity index (χ0n) is 11.6. The molecule has 1 aromatic carbocycles. The standard InChI is InChI=1S/C14H20N2O3/c1-4-18-16-8-12(17)14-10(5-9(2)3)6-11(15)7-13(14)19-16/h6-7,9H,4-5,8,15H2,1-3H3. The smallest absolute Gasteiger partial charge is 0.187 e. The summed E-state index contributed by atoms with van der Waals surface area (Å²) < 4.78 is 0. The molecule has 104 valence electrons. The largest absolute Gasteiger partial charge is 0.399 e. The van der Waals surface area contributed by atoms with Gasteiger partial charge in [0.1, 0.15) is 6.54 Å². The number of rotatable bonds is 4. The number of fused-ring (bicyclic) bond motifs is 1. The fourth-order valence-corrected chi connectivity index (χ4v) is 2.24. The van der Waals surface area contributed by atoms with E-state index in [2.05, 4.69) is 13.8 Å². The van der Waals surface area contributed by atoms with Crippen molar-refractivity contribution in [2.75, 3.05) is 18.9 Å². The van der Waals surface area contributed by atoms with Crippen molar-refractivity contribution >= 4 is 11.5 Å². The summed E-state index contributed by atoms with van der Waals surface area (Å²) in [7, 11) is 0. The lowest BCUT2D eigenvalue weighted by Crippen LogP contribution is -2.38. The van der Waals surface area contributed by atoms with E-state index in [1.807, 2.05) is 13.0 Å². The van der Waals surface area contributed by atoms with Gasteiger partial charge in [-0.05, 0) is 36.1 Å². The normalized spacial score (nSPS) is 15.5. The maximum atomic E-state index is 12.2. The Labute approximate surface area is 113 Å². The van der Waals surface area contributed by atoms with E-state index in [4.69, 9.17) is 15.4 Å². The van der Waals surface area contributed by atoms with Crippen molar-refractivity contribution < 1.29 is 14.5 Å². The number of hydroxylamine groups is 2. The van der Waals surface area contributed by atoms with E-state index in [0.717, 1.165) is 12.0 Å². The summed E-state index contributed by atoms with van der Waals surface area (Å²) in [6.07, 6.45) is 0.803. The van der Waals surface area contributed by atoms with Crippen molar-refractivity contribution in [2.45, 2.75) is 27.2 Å². The molecular formula is C14H20N2O3. The fourth-order valence-electron chi connectivity index (χ4n) is 2.24. The first-order chi connectivity index (χ1) is 9.01. The second kappa shape index (κ2) is 5.59. The number of hydrogen-bond acceptors (Lipinski definition) is 5. The average Bonchev–Trinajstić information content (AvgIpc) is 2.26. The molecular weight excluding hydrogens is 244 g/mol. The molecule has 0 radical (unpaired) electrons. The van der Waals surface area contributed by atoms with Crippen molar-refractivity contribution in [3.63, 3.8) is 0 Å². The molecule has 0 amide bonds. The Balaban J connectivity index is 2.38. The Bertz CT molecular complexity index is 486. The van der Waals surface area contributed by atoms with Crippen LogP contribution in [0.4, 0.5) is 5.69 Å². The van der Waals surface area contributed by atoms with Crippen LogP contribution < -0.4 is 10.6 Å². The summed E-state index contributed by atoms with van der Waals surface area (Å²) in [5, 5.41) is 1.21. The van der Waals surface area contributed by atoms with E-state index >= 15 is 0 Å². The first-order valence-corrected chi connectivity index (χ1v) is 6.55. The lowest BCUT2D eigenvalue weighted by atomic mass is 9.94. The van der Waals surface area contributed by atoms with Gasteiger partial charge in [0.2, 0.25) is 0 Å². The Kier molecular flexibility index (Phi) is 4.07. The van der Waals surface area contributed by atoms with Crippen LogP contribution in [0.1, 0.15) is 36.7 Å². The lowest BCUT2D eigenvalue weighted by molar-refractivity contribution is -0.310. The highest BCUT2D eigenvalue weighted by Crippen LogP contribution is 2.32. The summed E-state index contributed by atoms with van der Waals surface area (Å²) in [5.41, 5.74) is 8.06. The summed E-state index contributed by atoms with van der Waals surface area (Å²) in [6, 6.07) is 3.53.